The lowest BCUT2D eigenvalue weighted by atomic mass is 10.2. The summed E-state index contributed by atoms with van der Waals surface area (Å²) in [6.07, 6.45) is 1.78. The van der Waals surface area contributed by atoms with E-state index in [9.17, 15) is 23.2 Å². The van der Waals surface area contributed by atoms with Crippen molar-refractivity contribution in [3.05, 3.63) is 74.9 Å². The summed E-state index contributed by atoms with van der Waals surface area (Å²) in [5.74, 6) is -2.23. The molecule has 1 N–H and O–H groups in total. The van der Waals surface area contributed by atoms with Gasteiger partial charge in [0.25, 0.3) is 5.56 Å². The highest BCUT2D eigenvalue weighted by Crippen LogP contribution is 2.19. The van der Waals surface area contributed by atoms with Gasteiger partial charge in [0.2, 0.25) is 5.91 Å². The van der Waals surface area contributed by atoms with Gasteiger partial charge in [-0.15, -0.1) is 0 Å². The highest BCUT2D eigenvalue weighted by molar-refractivity contribution is 5.82. The lowest BCUT2D eigenvalue weighted by Gasteiger charge is -2.14. The molecule has 0 bridgehead atoms. The predicted octanol–water partition coefficient (Wildman–Crippen LogP) is 1.71. The first kappa shape index (κ1) is 17.1. The molecule has 1 saturated carbocycles. The van der Waals surface area contributed by atoms with Crippen molar-refractivity contribution >= 4 is 16.8 Å². The van der Waals surface area contributed by atoms with Crippen LogP contribution in [0.5, 0.6) is 0 Å². The minimum absolute atomic E-state index is 0.111. The number of amides is 1. The number of para-hydroxylation sites is 1. The Morgan fingerprint density at radius 3 is 2.56 bits per heavy atom. The van der Waals surface area contributed by atoms with E-state index in [0.717, 1.165) is 29.5 Å². The molecule has 1 amide bonds. The van der Waals surface area contributed by atoms with Crippen LogP contribution in [0, 0.1) is 11.6 Å². The van der Waals surface area contributed by atoms with Crippen LogP contribution in [0.4, 0.5) is 8.78 Å². The summed E-state index contributed by atoms with van der Waals surface area (Å²) in [5.41, 5.74) is -1.69. The molecule has 1 heterocycles. The molecule has 0 radical (unpaired) electrons. The van der Waals surface area contributed by atoms with E-state index in [2.05, 4.69) is 5.32 Å². The summed E-state index contributed by atoms with van der Waals surface area (Å²) >= 11 is 0. The van der Waals surface area contributed by atoms with Crippen LogP contribution >= 0.6 is 0 Å². The van der Waals surface area contributed by atoms with Crippen LogP contribution in [0.1, 0.15) is 12.8 Å². The largest absolute Gasteiger partial charge is 0.352 e. The standard InChI is InChI=1S/C19H15F2N3O3/c20-11-5-8-16(14(21)9-11)24-18(26)13-3-1-2-4-15(13)23(19(24)27)10-17(25)22-12-6-7-12/h1-5,8-9,12H,6-7,10H2,(H,22,25). The fraction of sp³-hybridized carbons (Fsp3) is 0.211. The molecule has 4 rings (SSSR count). The topological polar surface area (TPSA) is 73.1 Å². The van der Waals surface area contributed by atoms with Crippen LogP contribution in [0.2, 0.25) is 0 Å². The number of fused-ring (bicyclic) bond motifs is 1. The predicted molar refractivity (Wildman–Crippen MR) is 94.9 cm³/mol. The smallest absolute Gasteiger partial charge is 0.336 e. The van der Waals surface area contributed by atoms with Crippen molar-refractivity contribution in [3.63, 3.8) is 0 Å². The Morgan fingerprint density at radius 2 is 1.85 bits per heavy atom. The zero-order chi connectivity index (χ0) is 19.1. The van der Waals surface area contributed by atoms with Crippen molar-refractivity contribution < 1.29 is 13.6 Å². The summed E-state index contributed by atoms with van der Waals surface area (Å²) in [6, 6.07) is 8.98. The SMILES string of the molecule is O=C(Cn1c(=O)n(-c2ccc(F)cc2F)c(=O)c2ccccc21)NC1CC1. The third kappa shape index (κ3) is 3.14. The Kier molecular flexibility index (Phi) is 4.10. The average Bonchev–Trinajstić information content (AvgIpc) is 3.44. The zero-order valence-electron chi connectivity index (χ0n) is 14.1. The van der Waals surface area contributed by atoms with Crippen LogP contribution in [0.25, 0.3) is 16.6 Å². The monoisotopic (exact) mass is 371 g/mol. The molecule has 27 heavy (non-hydrogen) atoms. The van der Waals surface area contributed by atoms with Gasteiger partial charge >= 0.3 is 5.69 Å². The number of carbonyl (C=O) groups is 1. The first-order valence-electron chi connectivity index (χ1n) is 8.45. The Hall–Kier alpha value is -3.29. The van der Waals surface area contributed by atoms with Crippen molar-refractivity contribution in [2.24, 2.45) is 0 Å². The van der Waals surface area contributed by atoms with Crippen LogP contribution in [-0.4, -0.2) is 21.1 Å². The van der Waals surface area contributed by atoms with Crippen LogP contribution in [-0.2, 0) is 11.3 Å². The average molecular weight is 371 g/mol. The Morgan fingerprint density at radius 1 is 1.11 bits per heavy atom. The fourth-order valence-corrected chi connectivity index (χ4v) is 2.99. The van der Waals surface area contributed by atoms with Gasteiger partial charge in [0, 0.05) is 12.1 Å². The molecule has 2 aromatic carbocycles. The highest BCUT2D eigenvalue weighted by Gasteiger charge is 2.24. The van der Waals surface area contributed by atoms with E-state index in [1.54, 1.807) is 18.2 Å². The third-order valence-electron chi connectivity index (χ3n) is 4.45. The molecule has 0 spiro atoms. The van der Waals surface area contributed by atoms with Gasteiger partial charge in [-0.25, -0.2) is 18.1 Å². The molecule has 0 aliphatic heterocycles. The second kappa shape index (κ2) is 6.46. The van der Waals surface area contributed by atoms with Crippen LogP contribution in [0.3, 0.4) is 0 Å². The molecule has 0 atom stereocenters. The minimum Gasteiger partial charge on any atom is -0.352 e. The maximum Gasteiger partial charge on any atom is 0.336 e. The first-order chi connectivity index (χ1) is 13.0. The van der Waals surface area contributed by atoms with Crippen molar-refractivity contribution in [1.82, 2.24) is 14.5 Å². The summed E-state index contributed by atoms with van der Waals surface area (Å²) in [4.78, 5) is 38.0. The van der Waals surface area contributed by atoms with Gasteiger partial charge in [-0.05, 0) is 37.1 Å². The second-order valence-electron chi connectivity index (χ2n) is 6.46. The number of carbonyl (C=O) groups excluding carboxylic acids is 1. The van der Waals surface area contributed by atoms with Crippen LogP contribution in [0.15, 0.2) is 52.1 Å². The molecule has 6 nitrogen and oxygen atoms in total. The molecule has 1 aliphatic rings. The molecule has 3 aromatic rings. The Labute approximate surface area is 151 Å². The lowest BCUT2D eigenvalue weighted by molar-refractivity contribution is -0.121. The van der Waals surface area contributed by atoms with Crippen molar-refractivity contribution in [3.8, 4) is 5.69 Å². The first-order valence-corrected chi connectivity index (χ1v) is 8.45. The van der Waals surface area contributed by atoms with E-state index in [1.807, 2.05) is 0 Å². The van der Waals surface area contributed by atoms with Crippen molar-refractivity contribution in [2.45, 2.75) is 25.4 Å². The van der Waals surface area contributed by atoms with Gasteiger partial charge < -0.3 is 5.32 Å². The maximum absolute atomic E-state index is 14.2. The van der Waals surface area contributed by atoms with Crippen molar-refractivity contribution in [2.75, 3.05) is 0 Å². The summed E-state index contributed by atoms with van der Waals surface area (Å²) in [5, 5.41) is 2.93. The highest BCUT2D eigenvalue weighted by atomic mass is 19.1. The van der Waals surface area contributed by atoms with Gasteiger partial charge in [0.1, 0.15) is 18.2 Å². The number of nitrogens with zero attached hydrogens (tertiary/aromatic N) is 2. The van der Waals surface area contributed by atoms with E-state index in [0.29, 0.717) is 10.6 Å². The second-order valence-corrected chi connectivity index (χ2v) is 6.46. The molecular formula is C19H15F2N3O3. The lowest BCUT2D eigenvalue weighted by Crippen LogP contribution is -2.42. The van der Waals surface area contributed by atoms with E-state index in [-0.39, 0.29) is 35.1 Å². The van der Waals surface area contributed by atoms with Gasteiger partial charge in [-0.2, -0.15) is 0 Å². The van der Waals surface area contributed by atoms with Gasteiger partial charge in [0.05, 0.1) is 16.6 Å². The Balaban J connectivity index is 1.95. The normalized spacial score (nSPS) is 13.7. The van der Waals surface area contributed by atoms with E-state index in [4.69, 9.17) is 0 Å². The fourth-order valence-electron chi connectivity index (χ4n) is 2.99. The maximum atomic E-state index is 14.2. The number of rotatable bonds is 4. The van der Waals surface area contributed by atoms with E-state index in [1.165, 1.54) is 6.07 Å². The summed E-state index contributed by atoms with van der Waals surface area (Å²) < 4.78 is 29.2. The van der Waals surface area contributed by atoms with E-state index >= 15 is 0 Å². The molecular weight excluding hydrogens is 356 g/mol. The molecule has 1 fully saturated rings. The molecule has 8 heteroatoms. The number of aromatic nitrogens is 2. The number of halogens is 2. The molecule has 1 aliphatic carbocycles. The quantitative estimate of drug-likeness (QED) is 0.759. The molecule has 0 unspecified atom stereocenters. The van der Waals surface area contributed by atoms with Gasteiger partial charge in [-0.3, -0.25) is 14.2 Å². The Bertz CT molecular complexity index is 1180. The summed E-state index contributed by atoms with van der Waals surface area (Å²) in [6.45, 7) is -0.307. The number of nitrogens with one attached hydrogen (secondary N) is 1. The van der Waals surface area contributed by atoms with Gasteiger partial charge in [0.15, 0.2) is 0 Å². The summed E-state index contributed by atoms with van der Waals surface area (Å²) in [7, 11) is 0. The molecule has 1 aromatic heterocycles. The molecule has 0 saturated heterocycles. The number of hydrogen-bond acceptors (Lipinski definition) is 3. The molecule has 138 valence electrons. The third-order valence-corrected chi connectivity index (χ3v) is 4.45. The van der Waals surface area contributed by atoms with Gasteiger partial charge in [-0.1, -0.05) is 12.1 Å². The minimum atomic E-state index is -1.04. The number of hydrogen-bond donors (Lipinski definition) is 1. The van der Waals surface area contributed by atoms with E-state index < -0.39 is 22.9 Å². The number of benzene rings is 2. The zero-order valence-corrected chi connectivity index (χ0v) is 14.1. The van der Waals surface area contributed by atoms with Crippen LogP contribution < -0.4 is 16.6 Å². The van der Waals surface area contributed by atoms with Crippen molar-refractivity contribution in [1.29, 1.82) is 0 Å².